The van der Waals surface area contributed by atoms with Gasteiger partial charge in [-0.05, 0) is 31.2 Å². The molecule has 124 valence electrons. The molecule has 0 aliphatic rings. The molecule has 0 bridgehead atoms. The van der Waals surface area contributed by atoms with Gasteiger partial charge in [-0.15, -0.1) is 11.3 Å². The molecule has 0 spiro atoms. The molecule has 9 heteroatoms. The van der Waals surface area contributed by atoms with Gasteiger partial charge in [0, 0.05) is 4.88 Å². The number of halogens is 2. The topological polar surface area (TPSA) is 69.0 Å². The Morgan fingerprint density at radius 2 is 1.96 bits per heavy atom. The maximum Gasteiger partial charge on any atom is 0.278 e. The zero-order valence-corrected chi connectivity index (χ0v) is 13.9. The Morgan fingerprint density at radius 3 is 2.58 bits per heavy atom. The number of carbonyl (C=O) groups excluding carboxylic acids is 1. The number of hydrogen-bond donors (Lipinski definition) is 0. The van der Waals surface area contributed by atoms with E-state index in [4.69, 9.17) is 0 Å². The second kappa shape index (κ2) is 5.91. The van der Waals surface area contributed by atoms with Crippen molar-refractivity contribution in [1.82, 2.24) is 8.96 Å². The summed E-state index contributed by atoms with van der Waals surface area (Å²) in [5.74, 6) is -2.74. The molecule has 0 fully saturated rings. The third kappa shape index (κ3) is 2.65. The Morgan fingerprint density at radius 1 is 1.21 bits per heavy atom. The highest BCUT2D eigenvalue weighted by molar-refractivity contribution is 7.92. The molecule has 24 heavy (non-hydrogen) atoms. The van der Waals surface area contributed by atoms with Crippen LogP contribution in [-0.2, 0) is 10.0 Å². The number of hydrogen-bond acceptors (Lipinski definition) is 5. The van der Waals surface area contributed by atoms with Crippen molar-refractivity contribution in [1.29, 1.82) is 0 Å². The van der Waals surface area contributed by atoms with Crippen LogP contribution in [0.5, 0.6) is 0 Å². The largest absolute Gasteiger partial charge is 0.296 e. The molecule has 0 atom stereocenters. The molecule has 3 aromatic rings. The highest BCUT2D eigenvalue weighted by atomic mass is 32.2. The van der Waals surface area contributed by atoms with Gasteiger partial charge in [-0.1, -0.05) is 6.07 Å². The third-order valence-corrected chi connectivity index (χ3v) is 6.35. The van der Waals surface area contributed by atoms with E-state index in [0.29, 0.717) is 10.3 Å². The minimum absolute atomic E-state index is 0.00732. The summed E-state index contributed by atoms with van der Waals surface area (Å²) in [5.41, 5.74) is -0.550. The molecule has 1 aromatic carbocycles. The summed E-state index contributed by atoms with van der Waals surface area (Å²) in [6.07, 6.45) is 1.32. The van der Waals surface area contributed by atoms with Crippen LogP contribution in [0, 0.1) is 18.6 Å². The average molecular weight is 368 g/mol. The molecule has 0 aliphatic heterocycles. The summed E-state index contributed by atoms with van der Waals surface area (Å²) in [5, 5.41) is 0. The van der Waals surface area contributed by atoms with E-state index in [9.17, 15) is 22.0 Å². The van der Waals surface area contributed by atoms with Crippen molar-refractivity contribution in [3.8, 4) is 11.4 Å². The predicted octanol–water partition coefficient (Wildman–Crippen LogP) is 3.25. The first-order chi connectivity index (χ1) is 11.3. The second-order valence-electron chi connectivity index (χ2n) is 4.87. The number of nitrogens with zero attached hydrogens (tertiary/aromatic N) is 2. The predicted molar refractivity (Wildman–Crippen MR) is 84.6 cm³/mol. The Kier molecular flexibility index (Phi) is 4.06. The summed E-state index contributed by atoms with van der Waals surface area (Å²) >= 11 is 1.02. The molecule has 5 nitrogen and oxygen atoms in total. The van der Waals surface area contributed by atoms with Gasteiger partial charge in [0.1, 0.15) is 9.90 Å². The number of imidazole rings is 1. The molecule has 0 unspecified atom stereocenters. The number of aromatic nitrogens is 2. The summed E-state index contributed by atoms with van der Waals surface area (Å²) < 4.78 is 53.8. The van der Waals surface area contributed by atoms with E-state index < -0.39 is 21.7 Å². The van der Waals surface area contributed by atoms with E-state index >= 15 is 0 Å². The molecule has 0 amide bonds. The lowest BCUT2D eigenvalue weighted by molar-refractivity contribution is 0.111. The van der Waals surface area contributed by atoms with Crippen LogP contribution in [-0.4, -0.2) is 23.7 Å². The second-order valence-corrected chi connectivity index (χ2v) is 8.20. The Hall–Kier alpha value is -2.39. The highest BCUT2D eigenvalue weighted by Crippen LogP contribution is 2.29. The van der Waals surface area contributed by atoms with Crippen molar-refractivity contribution in [3.63, 3.8) is 0 Å². The van der Waals surface area contributed by atoms with Crippen molar-refractivity contribution < 1.29 is 22.0 Å². The standard InChI is InChI=1S/C15H10F2N2O3S2/c1-9-5-6-13(23-9)24(21,22)19-7-10(8-20)18-15(19)11-3-2-4-12(16)14(11)17/h2-8H,1H3. The van der Waals surface area contributed by atoms with E-state index in [1.165, 1.54) is 18.2 Å². The van der Waals surface area contributed by atoms with Gasteiger partial charge in [0.2, 0.25) is 0 Å². The molecule has 0 saturated heterocycles. The lowest BCUT2D eigenvalue weighted by atomic mass is 10.2. The fraction of sp³-hybridized carbons (Fsp3) is 0.0667. The van der Waals surface area contributed by atoms with Gasteiger partial charge in [-0.3, -0.25) is 4.79 Å². The molecule has 3 rings (SSSR count). The first-order valence-corrected chi connectivity index (χ1v) is 8.91. The third-order valence-electron chi connectivity index (χ3n) is 3.24. The Bertz CT molecular complexity index is 1040. The number of rotatable bonds is 4. The van der Waals surface area contributed by atoms with Crippen LogP contribution in [0.15, 0.2) is 40.7 Å². The van der Waals surface area contributed by atoms with E-state index in [1.807, 2.05) is 0 Å². The zero-order valence-electron chi connectivity index (χ0n) is 12.2. The molecule has 2 aromatic heterocycles. The van der Waals surface area contributed by atoms with Crippen molar-refractivity contribution >= 4 is 27.6 Å². The Labute approximate surface area is 140 Å². The summed E-state index contributed by atoms with van der Waals surface area (Å²) in [6.45, 7) is 1.74. The van der Waals surface area contributed by atoms with Crippen molar-refractivity contribution in [2.45, 2.75) is 11.1 Å². The Balaban J connectivity index is 2.28. The van der Waals surface area contributed by atoms with Gasteiger partial charge in [-0.2, -0.15) is 8.42 Å². The SMILES string of the molecule is Cc1ccc(S(=O)(=O)n2cc(C=O)nc2-c2cccc(F)c2F)s1. The summed E-state index contributed by atoms with van der Waals surface area (Å²) in [7, 11) is -4.09. The lowest BCUT2D eigenvalue weighted by Crippen LogP contribution is -2.13. The van der Waals surface area contributed by atoms with Gasteiger partial charge < -0.3 is 0 Å². The van der Waals surface area contributed by atoms with Gasteiger partial charge >= 0.3 is 0 Å². The first-order valence-electron chi connectivity index (χ1n) is 6.65. The molecule has 0 saturated carbocycles. The maximum atomic E-state index is 14.1. The number of benzene rings is 1. The maximum absolute atomic E-state index is 14.1. The summed E-state index contributed by atoms with van der Waals surface area (Å²) in [4.78, 5) is 15.6. The fourth-order valence-electron chi connectivity index (χ4n) is 2.12. The van der Waals surface area contributed by atoms with E-state index in [2.05, 4.69) is 4.98 Å². The molecular weight excluding hydrogens is 358 g/mol. The molecule has 0 radical (unpaired) electrons. The number of thiophene rings is 1. The minimum Gasteiger partial charge on any atom is -0.296 e. The average Bonchev–Trinajstić information content (AvgIpc) is 3.17. The van der Waals surface area contributed by atoms with Gasteiger partial charge in [-0.25, -0.2) is 17.7 Å². The lowest BCUT2D eigenvalue weighted by Gasteiger charge is -2.08. The van der Waals surface area contributed by atoms with Crippen molar-refractivity contribution in [2.75, 3.05) is 0 Å². The van der Waals surface area contributed by atoms with Crippen LogP contribution in [0.3, 0.4) is 0 Å². The van der Waals surface area contributed by atoms with Crippen LogP contribution in [0.1, 0.15) is 15.4 Å². The molecular formula is C15H10F2N2O3S2. The normalized spacial score (nSPS) is 11.6. The smallest absolute Gasteiger partial charge is 0.278 e. The first kappa shape index (κ1) is 16.5. The van der Waals surface area contributed by atoms with E-state index in [0.717, 1.165) is 28.5 Å². The zero-order chi connectivity index (χ0) is 17.5. The number of aldehydes is 1. The highest BCUT2D eigenvalue weighted by Gasteiger charge is 2.26. The van der Waals surface area contributed by atoms with Crippen LogP contribution >= 0.6 is 11.3 Å². The van der Waals surface area contributed by atoms with Crippen molar-refractivity contribution in [3.05, 3.63) is 58.7 Å². The van der Waals surface area contributed by atoms with Crippen LogP contribution < -0.4 is 0 Å². The molecule has 2 heterocycles. The van der Waals surface area contributed by atoms with Gasteiger partial charge in [0.25, 0.3) is 10.0 Å². The quantitative estimate of drug-likeness (QED) is 0.663. The number of aryl methyl sites for hydroxylation is 1. The minimum atomic E-state index is -4.09. The van der Waals surface area contributed by atoms with Crippen LogP contribution in [0.4, 0.5) is 8.78 Å². The van der Waals surface area contributed by atoms with Gasteiger partial charge in [0.15, 0.2) is 23.7 Å². The van der Waals surface area contributed by atoms with Crippen LogP contribution in [0.25, 0.3) is 11.4 Å². The van der Waals surface area contributed by atoms with Crippen LogP contribution in [0.2, 0.25) is 0 Å². The van der Waals surface area contributed by atoms with E-state index in [1.54, 1.807) is 13.0 Å². The fourth-order valence-corrected chi connectivity index (χ4v) is 4.82. The number of carbonyl (C=O) groups is 1. The molecule has 0 N–H and O–H groups in total. The monoisotopic (exact) mass is 368 g/mol. The molecule has 0 aliphatic carbocycles. The van der Waals surface area contributed by atoms with Crippen molar-refractivity contribution in [2.24, 2.45) is 0 Å². The van der Waals surface area contributed by atoms with E-state index in [-0.39, 0.29) is 21.3 Å². The summed E-state index contributed by atoms with van der Waals surface area (Å²) in [6, 6.07) is 6.36. The van der Waals surface area contributed by atoms with Gasteiger partial charge in [0.05, 0.1) is 11.8 Å².